The fraction of sp³-hybridized carbons (Fsp3) is 0.571. The molecule has 1 N–H and O–H groups in total. The van der Waals surface area contributed by atoms with E-state index in [2.05, 4.69) is 11.4 Å². The van der Waals surface area contributed by atoms with Crippen LogP contribution in [0.4, 0.5) is 0 Å². The van der Waals surface area contributed by atoms with Gasteiger partial charge in [0.15, 0.2) is 0 Å². The lowest BCUT2D eigenvalue weighted by Gasteiger charge is -1.87. The van der Waals surface area contributed by atoms with Gasteiger partial charge in [-0.2, -0.15) is 5.26 Å². The monoisotopic (exact) mass is 158 g/mol. The molecular formula is C7H11ClN2. The Morgan fingerprint density at radius 2 is 2.50 bits per heavy atom. The van der Waals surface area contributed by atoms with Crippen molar-refractivity contribution in [3.05, 3.63) is 11.6 Å². The van der Waals surface area contributed by atoms with E-state index in [4.69, 9.17) is 5.26 Å². The molecule has 1 aliphatic rings. The lowest BCUT2D eigenvalue weighted by Crippen LogP contribution is -2.04. The van der Waals surface area contributed by atoms with Gasteiger partial charge in [0.1, 0.15) is 0 Å². The normalized spacial score (nSPS) is 20.1. The highest BCUT2D eigenvalue weighted by molar-refractivity contribution is 5.85. The predicted molar refractivity (Wildman–Crippen MR) is 43.0 cm³/mol. The first-order chi connectivity index (χ1) is 4.43. The zero-order valence-electron chi connectivity index (χ0n) is 5.76. The highest BCUT2D eigenvalue weighted by Gasteiger charge is 2.02. The van der Waals surface area contributed by atoms with Crippen molar-refractivity contribution in [1.29, 1.82) is 5.26 Å². The summed E-state index contributed by atoms with van der Waals surface area (Å²) in [6, 6.07) is 2.09. The molecule has 10 heavy (non-hydrogen) atoms. The third kappa shape index (κ3) is 2.86. The standard InChI is InChI=1S/C7H10N2.ClH/c8-4-1-2-7-3-5-9-6-7;/h2,9H,1,3,5-6H2;1H/b7-2-;. The van der Waals surface area contributed by atoms with E-state index in [1.54, 1.807) is 0 Å². The Morgan fingerprint density at radius 1 is 1.70 bits per heavy atom. The van der Waals surface area contributed by atoms with Gasteiger partial charge in [-0.15, -0.1) is 12.4 Å². The number of hydrogen-bond acceptors (Lipinski definition) is 2. The number of halogens is 1. The van der Waals surface area contributed by atoms with Crippen molar-refractivity contribution >= 4 is 12.4 Å². The summed E-state index contributed by atoms with van der Waals surface area (Å²) >= 11 is 0. The van der Waals surface area contributed by atoms with Gasteiger partial charge in [0.05, 0.1) is 12.5 Å². The molecule has 1 heterocycles. The third-order valence-corrected chi connectivity index (χ3v) is 1.46. The summed E-state index contributed by atoms with van der Waals surface area (Å²) in [4.78, 5) is 0. The van der Waals surface area contributed by atoms with Gasteiger partial charge in [0, 0.05) is 6.54 Å². The van der Waals surface area contributed by atoms with Crippen molar-refractivity contribution in [2.24, 2.45) is 0 Å². The fourth-order valence-electron chi connectivity index (χ4n) is 0.950. The Labute approximate surface area is 67.3 Å². The molecule has 0 radical (unpaired) electrons. The maximum Gasteiger partial charge on any atom is 0.0663 e. The number of rotatable bonds is 1. The second-order valence-corrected chi connectivity index (χ2v) is 2.15. The summed E-state index contributed by atoms with van der Waals surface area (Å²) in [6.45, 7) is 2.07. The van der Waals surface area contributed by atoms with Gasteiger partial charge in [0.2, 0.25) is 0 Å². The molecule has 0 amide bonds. The van der Waals surface area contributed by atoms with Crippen molar-refractivity contribution in [2.45, 2.75) is 12.8 Å². The number of nitriles is 1. The molecule has 0 aliphatic carbocycles. The number of hydrogen-bond donors (Lipinski definition) is 1. The second kappa shape index (κ2) is 5.28. The molecular weight excluding hydrogens is 148 g/mol. The highest BCUT2D eigenvalue weighted by atomic mass is 35.5. The predicted octanol–water partition coefficient (Wildman–Crippen LogP) is 1.24. The molecule has 1 fully saturated rings. The summed E-state index contributed by atoms with van der Waals surface area (Å²) in [5.41, 5.74) is 1.39. The van der Waals surface area contributed by atoms with Crippen LogP contribution in [0.3, 0.4) is 0 Å². The van der Waals surface area contributed by atoms with Crippen molar-refractivity contribution in [2.75, 3.05) is 13.1 Å². The Bertz CT molecular complexity index is 149. The lowest BCUT2D eigenvalue weighted by molar-refractivity contribution is 0.862. The smallest absolute Gasteiger partial charge is 0.0663 e. The summed E-state index contributed by atoms with van der Waals surface area (Å²) in [7, 11) is 0. The lowest BCUT2D eigenvalue weighted by atomic mass is 10.2. The van der Waals surface area contributed by atoms with Crippen LogP contribution in [0.15, 0.2) is 11.6 Å². The van der Waals surface area contributed by atoms with Crippen LogP contribution in [-0.2, 0) is 0 Å². The molecule has 0 saturated carbocycles. The van der Waals surface area contributed by atoms with E-state index in [0.717, 1.165) is 19.5 Å². The topological polar surface area (TPSA) is 35.8 Å². The van der Waals surface area contributed by atoms with Crippen molar-refractivity contribution in [3.63, 3.8) is 0 Å². The van der Waals surface area contributed by atoms with Crippen molar-refractivity contribution in [3.8, 4) is 6.07 Å². The first-order valence-corrected chi connectivity index (χ1v) is 3.19. The molecule has 1 rings (SSSR count). The average molecular weight is 159 g/mol. The molecule has 1 aliphatic heterocycles. The molecule has 0 spiro atoms. The third-order valence-electron chi connectivity index (χ3n) is 1.46. The Kier molecular flexibility index (Phi) is 5.00. The highest BCUT2D eigenvalue weighted by Crippen LogP contribution is 2.05. The molecule has 0 aromatic rings. The van der Waals surface area contributed by atoms with Crippen molar-refractivity contribution in [1.82, 2.24) is 5.32 Å². The maximum absolute atomic E-state index is 8.21. The number of nitrogens with zero attached hydrogens (tertiary/aromatic N) is 1. The van der Waals surface area contributed by atoms with Crippen LogP contribution in [0.2, 0.25) is 0 Å². The van der Waals surface area contributed by atoms with E-state index in [0.29, 0.717) is 6.42 Å². The molecule has 1 saturated heterocycles. The van der Waals surface area contributed by atoms with E-state index in [9.17, 15) is 0 Å². The minimum absolute atomic E-state index is 0. The first kappa shape index (κ1) is 9.48. The van der Waals surface area contributed by atoms with Crippen LogP contribution >= 0.6 is 12.4 Å². The van der Waals surface area contributed by atoms with E-state index in [1.165, 1.54) is 5.57 Å². The Morgan fingerprint density at radius 3 is 3.00 bits per heavy atom. The van der Waals surface area contributed by atoms with E-state index < -0.39 is 0 Å². The van der Waals surface area contributed by atoms with Crippen LogP contribution in [0.5, 0.6) is 0 Å². The molecule has 3 heteroatoms. The molecule has 2 nitrogen and oxygen atoms in total. The zero-order valence-corrected chi connectivity index (χ0v) is 6.58. The van der Waals surface area contributed by atoms with Crippen LogP contribution < -0.4 is 5.32 Å². The molecule has 0 bridgehead atoms. The fourth-order valence-corrected chi connectivity index (χ4v) is 0.950. The largest absolute Gasteiger partial charge is 0.313 e. The van der Waals surface area contributed by atoms with Crippen LogP contribution in [0, 0.1) is 11.3 Å². The van der Waals surface area contributed by atoms with E-state index in [-0.39, 0.29) is 12.4 Å². The van der Waals surface area contributed by atoms with Gasteiger partial charge in [0.25, 0.3) is 0 Å². The van der Waals surface area contributed by atoms with Gasteiger partial charge < -0.3 is 5.32 Å². The Balaban J connectivity index is 0.000000810. The zero-order chi connectivity index (χ0) is 6.53. The molecule has 0 unspecified atom stereocenters. The van der Waals surface area contributed by atoms with E-state index >= 15 is 0 Å². The van der Waals surface area contributed by atoms with Crippen molar-refractivity contribution < 1.29 is 0 Å². The summed E-state index contributed by atoms with van der Waals surface area (Å²) in [5, 5.41) is 11.4. The SMILES string of the molecule is Cl.N#CC/C=C1/CCNC1. The number of nitrogens with one attached hydrogen (secondary N) is 1. The first-order valence-electron chi connectivity index (χ1n) is 3.19. The van der Waals surface area contributed by atoms with Crippen LogP contribution in [0.1, 0.15) is 12.8 Å². The maximum atomic E-state index is 8.21. The minimum Gasteiger partial charge on any atom is -0.313 e. The second-order valence-electron chi connectivity index (χ2n) is 2.15. The molecule has 56 valence electrons. The summed E-state index contributed by atoms with van der Waals surface area (Å²) in [6.07, 6.45) is 3.71. The molecule has 0 aromatic heterocycles. The summed E-state index contributed by atoms with van der Waals surface area (Å²) in [5.74, 6) is 0. The molecule has 0 aromatic carbocycles. The van der Waals surface area contributed by atoms with Gasteiger partial charge in [-0.25, -0.2) is 0 Å². The van der Waals surface area contributed by atoms with Gasteiger partial charge in [-0.05, 0) is 13.0 Å². The minimum atomic E-state index is 0. The van der Waals surface area contributed by atoms with Gasteiger partial charge in [-0.3, -0.25) is 0 Å². The van der Waals surface area contributed by atoms with Crippen LogP contribution in [-0.4, -0.2) is 13.1 Å². The van der Waals surface area contributed by atoms with Gasteiger partial charge in [-0.1, -0.05) is 11.6 Å². The number of allylic oxidation sites excluding steroid dienone is 1. The average Bonchev–Trinajstić information content (AvgIpc) is 2.34. The van der Waals surface area contributed by atoms with Gasteiger partial charge >= 0.3 is 0 Å². The van der Waals surface area contributed by atoms with Crippen LogP contribution in [0.25, 0.3) is 0 Å². The Hall–Kier alpha value is -0.520. The molecule has 0 atom stereocenters. The van der Waals surface area contributed by atoms with E-state index in [1.807, 2.05) is 6.08 Å². The summed E-state index contributed by atoms with van der Waals surface area (Å²) < 4.78 is 0. The quantitative estimate of drug-likeness (QED) is 0.583.